The summed E-state index contributed by atoms with van der Waals surface area (Å²) < 4.78 is 30.2. The fourth-order valence-electron chi connectivity index (χ4n) is 2.40. The van der Waals surface area contributed by atoms with Gasteiger partial charge >= 0.3 is 0 Å². The topological polar surface area (TPSA) is 72.5 Å². The van der Waals surface area contributed by atoms with Crippen LogP contribution in [0.1, 0.15) is 10.4 Å². The molecular weight excluding hydrogens is 350 g/mol. The second kappa shape index (κ2) is 7.41. The minimum Gasteiger partial charge on any atom is -0.497 e. The van der Waals surface area contributed by atoms with Crippen LogP contribution in [0.3, 0.4) is 0 Å². The summed E-state index contributed by atoms with van der Waals surface area (Å²) >= 11 is 0. The third-order valence-corrected chi connectivity index (χ3v) is 5.61. The quantitative estimate of drug-likeness (QED) is 0.745. The Kier molecular flexibility index (Phi) is 5.04. The number of benzene rings is 3. The van der Waals surface area contributed by atoms with Crippen LogP contribution in [-0.4, -0.2) is 21.4 Å². The molecule has 0 saturated heterocycles. The number of amides is 1. The van der Waals surface area contributed by atoms with Gasteiger partial charge in [0, 0.05) is 11.3 Å². The van der Waals surface area contributed by atoms with E-state index in [-0.39, 0.29) is 15.7 Å². The molecule has 0 aliphatic carbocycles. The van der Waals surface area contributed by atoms with Crippen molar-refractivity contribution in [1.29, 1.82) is 0 Å². The zero-order chi connectivity index (χ0) is 18.6. The Morgan fingerprint density at radius 1 is 0.808 bits per heavy atom. The molecule has 0 radical (unpaired) electrons. The van der Waals surface area contributed by atoms with Gasteiger partial charge in [-0.15, -0.1) is 0 Å². The molecule has 132 valence electrons. The van der Waals surface area contributed by atoms with Crippen LogP contribution >= 0.6 is 0 Å². The molecule has 3 rings (SSSR count). The van der Waals surface area contributed by atoms with Gasteiger partial charge in [-0.3, -0.25) is 4.79 Å². The van der Waals surface area contributed by atoms with Gasteiger partial charge in [0.15, 0.2) is 0 Å². The molecule has 3 aromatic rings. The first kappa shape index (κ1) is 17.7. The molecule has 1 amide bonds. The minimum absolute atomic E-state index is 0.143. The molecule has 3 aromatic carbocycles. The lowest BCUT2D eigenvalue weighted by Gasteiger charge is -2.08. The van der Waals surface area contributed by atoms with Crippen LogP contribution in [0.2, 0.25) is 0 Å². The molecular formula is C20H17NO4S. The third-order valence-electron chi connectivity index (χ3n) is 3.83. The molecule has 0 bridgehead atoms. The number of ether oxygens (including phenoxy) is 1. The van der Waals surface area contributed by atoms with Crippen LogP contribution in [0, 0.1) is 0 Å². The van der Waals surface area contributed by atoms with Crippen molar-refractivity contribution in [1.82, 2.24) is 0 Å². The van der Waals surface area contributed by atoms with Gasteiger partial charge < -0.3 is 10.1 Å². The molecule has 0 unspecified atom stereocenters. The number of hydrogen-bond donors (Lipinski definition) is 1. The summed E-state index contributed by atoms with van der Waals surface area (Å²) in [6.07, 6.45) is 0. The standard InChI is InChI=1S/C20H17NO4S/c1-25-17-11-9-16(10-12-17)21-20(22)15-7-13-19(14-8-15)26(23,24)18-5-3-2-4-6-18/h2-14H,1H3,(H,21,22). The highest BCUT2D eigenvalue weighted by atomic mass is 32.2. The highest BCUT2D eigenvalue weighted by Crippen LogP contribution is 2.21. The van der Waals surface area contributed by atoms with Crippen molar-refractivity contribution in [3.05, 3.63) is 84.4 Å². The number of rotatable bonds is 5. The van der Waals surface area contributed by atoms with Gasteiger partial charge in [0.2, 0.25) is 9.84 Å². The highest BCUT2D eigenvalue weighted by Gasteiger charge is 2.17. The fourth-order valence-corrected chi connectivity index (χ4v) is 3.68. The van der Waals surface area contributed by atoms with Gasteiger partial charge in [-0.05, 0) is 60.7 Å². The van der Waals surface area contributed by atoms with E-state index in [1.54, 1.807) is 61.7 Å². The van der Waals surface area contributed by atoms with Crippen molar-refractivity contribution in [3.8, 4) is 5.75 Å². The molecule has 0 aliphatic heterocycles. The molecule has 0 spiro atoms. The Morgan fingerprint density at radius 2 is 1.38 bits per heavy atom. The molecule has 6 heteroatoms. The Balaban J connectivity index is 1.77. The number of nitrogens with one attached hydrogen (secondary N) is 1. The van der Waals surface area contributed by atoms with Crippen LogP contribution in [0.4, 0.5) is 5.69 Å². The van der Waals surface area contributed by atoms with Crippen LogP contribution in [0.25, 0.3) is 0 Å². The minimum atomic E-state index is -3.59. The molecule has 0 fully saturated rings. The van der Waals surface area contributed by atoms with E-state index in [1.807, 2.05) is 0 Å². The van der Waals surface area contributed by atoms with Crippen molar-refractivity contribution >= 4 is 21.4 Å². The van der Waals surface area contributed by atoms with E-state index in [0.29, 0.717) is 17.0 Å². The molecule has 0 saturated carbocycles. The second-order valence-electron chi connectivity index (χ2n) is 5.52. The number of hydrogen-bond acceptors (Lipinski definition) is 4. The summed E-state index contributed by atoms with van der Waals surface area (Å²) in [6.45, 7) is 0. The zero-order valence-electron chi connectivity index (χ0n) is 14.0. The van der Waals surface area contributed by atoms with E-state index in [4.69, 9.17) is 4.74 Å². The molecule has 0 aromatic heterocycles. The summed E-state index contributed by atoms with van der Waals surface area (Å²) in [7, 11) is -2.03. The smallest absolute Gasteiger partial charge is 0.255 e. The monoisotopic (exact) mass is 367 g/mol. The molecule has 0 aliphatic rings. The van der Waals surface area contributed by atoms with E-state index in [1.165, 1.54) is 24.3 Å². The number of anilines is 1. The highest BCUT2D eigenvalue weighted by molar-refractivity contribution is 7.91. The maximum Gasteiger partial charge on any atom is 0.255 e. The summed E-state index contributed by atoms with van der Waals surface area (Å²) in [5.74, 6) is 0.372. The maximum absolute atomic E-state index is 12.6. The normalized spacial score (nSPS) is 11.0. The lowest BCUT2D eigenvalue weighted by Crippen LogP contribution is -2.12. The summed E-state index contributed by atoms with van der Waals surface area (Å²) in [5.41, 5.74) is 0.990. The van der Waals surface area contributed by atoms with Gasteiger partial charge in [0.25, 0.3) is 5.91 Å². The number of sulfone groups is 1. The average Bonchev–Trinajstić information content (AvgIpc) is 2.69. The Bertz CT molecular complexity index is 996. The Labute approximate surface area is 152 Å². The maximum atomic E-state index is 12.6. The number of carbonyl (C=O) groups excluding carboxylic acids is 1. The molecule has 1 N–H and O–H groups in total. The van der Waals surface area contributed by atoms with Gasteiger partial charge in [0.1, 0.15) is 5.75 Å². The van der Waals surface area contributed by atoms with E-state index in [2.05, 4.69) is 5.32 Å². The van der Waals surface area contributed by atoms with E-state index < -0.39 is 9.84 Å². The van der Waals surface area contributed by atoms with Crippen molar-refractivity contribution in [2.45, 2.75) is 9.79 Å². The van der Waals surface area contributed by atoms with Gasteiger partial charge in [-0.25, -0.2) is 8.42 Å². The van der Waals surface area contributed by atoms with E-state index in [9.17, 15) is 13.2 Å². The first-order valence-electron chi connectivity index (χ1n) is 7.86. The van der Waals surface area contributed by atoms with Crippen molar-refractivity contribution < 1.29 is 17.9 Å². The van der Waals surface area contributed by atoms with Crippen LogP contribution in [0.5, 0.6) is 5.75 Å². The Morgan fingerprint density at radius 3 is 1.96 bits per heavy atom. The first-order valence-corrected chi connectivity index (χ1v) is 9.34. The Hall–Kier alpha value is -3.12. The summed E-state index contributed by atoms with van der Waals surface area (Å²) in [4.78, 5) is 12.7. The van der Waals surface area contributed by atoms with Crippen molar-refractivity contribution in [2.24, 2.45) is 0 Å². The van der Waals surface area contributed by atoms with Crippen LogP contribution in [0.15, 0.2) is 88.7 Å². The van der Waals surface area contributed by atoms with Crippen molar-refractivity contribution in [2.75, 3.05) is 12.4 Å². The third kappa shape index (κ3) is 3.75. The van der Waals surface area contributed by atoms with Crippen LogP contribution in [-0.2, 0) is 9.84 Å². The van der Waals surface area contributed by atoms with Gasteiger partial charge in [0.05, 0.1) is 16.9 Å². The van der Waals surface area contributed by atoms with Crippen molar-refractivity contribution in [3.63, 3.8) is 0 Å². The molecule has 0 atom stereocenters. The van der Waals surface area contributed by atoms with E-state index >= 15 is 0 Å². The fraction of sp³-hybridized carbons (Fsp3) is 0.0500. The molecule has 5 nitrogen and oxygen atoms in total. The lowest BCUT2D eigenvalue weighted by atomic mass is 10.2. The summed E-state index contributed by atoms with van der Waals surface area (Å²) in [6, 6.07) is 21.0. The number of methoxy groups -OCH3 is 1. The van der Waals surface area contributed by atoms with Gasteiger partial charge in [-0.2, -0.15) is 0 Å². The summed E-state index contributed by atoms with van der Waals surface area (Å²) in [5, 5.41) is 2.76. The van der Waals surface area contributed by atoms with Gasteiger partial charge in [-0.1, -0.05) is 18.2 Å². The SMILES string of the molecule is COc1ccc(NC(=O)c2ccc(S(=O)(=O)c3ccccc3)cc2)cc1. The molecule has 0 heterocycles. The first-order chi connectivity index (χ1) is 12.5. The number of carbonyl (C=O) groups is 1. The zero-order valence-corrected chi connectivity index (χ0v) is 14.9. The predicted molar refractivity (Wildman–Crippen MR) is 99.3 cm³/mol. The average molecular weight is 367 g/mol. The largest absolute Gasteiger partial charge is 0.497 e. The lowest BCUT2D eigenvalue weighted by molar-refractivity contribution is 0.102. The van der Waals surface area contributed by atoms with Crippen LogP contribution < -0.4 is 10.1 Å². The second-order valence-corrected chi connectivity index (χ2v) is 7.47. The predicted octanol–water partition coefficient (Wildman–Crippen LogP) is 3.78. The molecule has 26 heavy (non-hydrogen) atoms. The van der Waals surface area contributed by atoms with E-state index in [0.717, 1.165) is 0 Å².